The van der Waals surface area contributed by atoms with E-state index in [1.54, 1.807) is 0 Å². The summed E-state index contributed by atoms with van der Waals surface area (Å²) >= 11 is 0. The monoisotopic (exact) mass is 611 g/mol. The predicted octanol–water partition coefficient (Wildman–Crippen LogP) is 4.57. The molecule has 2 aliphatic heterocycles. The lowest BCUT2D eigenvalue weighted by molar-refractivity contribution is -0.274. The number of ether oxygens (including phenoxy) is 1. The summed E-state index contributed by atoms with van der Waals surface area (Å²) in [6.45, 7) is 2.65. The van der Waals surface area contributed by atoms with Crippen LogP contribution in [0.4, 0.5) is 18.0 Å². The van der Waals surface area contributed by atoms with Crippen molar-refractivity contribution < 1.29 is 27.8 Å². The van der Waals surface area contributed by atoms with Crippen molar-refractivity contribution in [3.05, 3.63) is 82.9 Å². The Labute approximate surface area is 253 Å². The van der Waals surface area contributed by atoms with Crippen molar-refractivity contribution in [1.82, 2.24) is 24.7 Å². The molecule has 0 unspecified atom stereocenters. The smallest absolute Gasteiger partial charge is 0.405 e. The molecule has 3 heterocycles. The number of aliphatic hydroxyl groups is 1. The number of amides is 2. The van der Waals surface area contributed by atoms with E-state index in [2.05, 4.69) is 15.0 Å². The Hall–Kier alpha value is -3.90. The van der Waals surface area contributed by atoms with Crippen LogP contribution in [0.3, 0.4) is 0 Å². The highest BCUT2D eigenvalue weighted by Crippen LogP contribution is 2.52. The highest BCUT2D eigenvalue weighted by Gasteiger charge is 2.56. The third-order valence-corrected chi connectivity index (χ3v) is 9.48. The number of hydrogen-bond acceptors (Lipinski definition) is 6. The van der Waals surface area contributed by atoms with Crippen molar-refractivity contribution >= 4 is 6.03 Å². The van der Waals surface area contributed by atoms with Crippen molar-refractivity contribution in [3.63, 3.8) is 0 Å². The molecule has 2 N–H and O–H groups in total. The SMILES string of the molecule is O=C(N1CC[C@@](O)(Cn2cnc(-c3ccccc3OC(F)(F)F)cc2=O)C2(CCCC2)C1)N1CCNC[C@H]1c1ccccc1. The lowest BCUT2D eigenvalue weighted by Gasteiger charge is -2.53. The third-order valence-electron chi connectivity index (χ3n) is 9.48. The summed E-state index contributed by atoms with van der Waals surface area (Å²) < 4.78 is 44.3. The highest BCUT2D eigenvalue weighted by molar-refractivity contribution is 5.75. The number of carbonyl (C=O) groups excluding carboxylic acids is 1. The first kappa shape index (κ1) is 30.1. The zero-order valence-corrected chi connectivity index (χ0v) is 24.3. The van der Waals surface area contributed by atoms with Gasteiger partial charge in [-0.05, 0) is 37.0 Å². The number of benzene rings is 2. The number of likely N-dealkylation sites (tertiary alicyclic amines) is 1. The number of alkyl halides is 3. The van der Waals surface area contributed by atoms with Crippen LogP contribution in [-0.4, -0.2) is 75.2 Å². The standard InChI is InChI=1S/C32H36F3N5O4/c33-32(34,35)44-27-11-5-4-10-24(27)25-18-28(41)39(22-37-25)21-31(43)14-16-38(20-30(31)12-6-7-13-30)29(42)40-17-15-36-19-26(40)23-8-2-1-3-9-23/h1-5,8-11,18,22,26,36,43H,6-7,12-17,19-21H2/t26-,31+/m0/s1. The van der Waals surface area contributed by atoms with Gasteiger partial charge in [0.2, 0.25) is 0 Å². The van der Waals surface area contributed by atoms with Gasteiger partial charge < -0.3 is 25.0 Å². The second-order valence-corrected chi connectivity index (χ2v) is 12.1. The number of hydrogen-bond donors (Lipinski definition) is 2. The number of nitrogens with one attached hydrogen (secondary N) is 1. The first-order chi connectivity index (χ1) is 21.1. The van der Waals surface area contributed by atoms with E-state index in [9.17, 15) is 27.9 Å². The minimum absolute atomic E-state index is 0.0257. The van der Waals surface area contributed by atoms with E-state index >= 15 is 0 Å². The molecule has 2 saturated heterocycles. The normalized spacial score (nSPS) is 23.6. The van der Waals surface area contributed by atoms with E-state index in [1.165, 1.54) is 35.2 Å². The Morgan fingerprint density at radius 1 is 1.05 bits per heavy atom. The number of piperazine rings is 1. The molecular weight excluding hydrogens is 575 g/mol. The molecule has 1 aromatic heterocycles. The van der Waals surface area contributed by atoms with Crippen LogP contribution in [0.1, 0.15) is 43.7 Å². The summed E-state index contributed by atoms with van der Waals surface area (Å²) in [5.74, 6) is -0.454. The van der Waals surface area contributed by atoms with E-state index in [0.717, 1.165) is 37.3 Å². The molecule has 1 aliphatic carbocycles. The van der Waals surface area contributed by atoms with Gasteiger partial charge in [0.25, 0.3) is 5.56 Å². The van der Waals surface area contributed by atoms with Gasteiger partial charge >= 0.3 is 12.4 Å². The molecule has 9 nitrogen and oxygen atoms in total. The number of aromatic nitrogens is 2. The number of halogens is 3. The molecule has 0 bridgehead atoms. The zero-order chi connectivity index (χ0) is 31.0. The molecule has 3 fully saturated rings. The van der Waals surface area contributed by atoms with Gasteiger partial charge in [-0.2, -0.15) is 0 Å². The van der Waals surface area contributed by atoms with Gasteiger partial charge in [0, 0.05) is 49.8 Å². The fraction of sp³-hybridized carbons (Fsp3) is 0.469. The molecule has 3 aromatic rings. The van der Waals surface area contributed by atoms with E-state index < -0.39 is 28.7 Å². The molecule has 2 aromatic carbocycles. The Kier molecular flexibility index (Phi) is 8.14. The van der Waals surface area contributed by atoms with Crippen LogP contribution in [0.2, 0.25) is 0 Å². The van der Waals surface area contributed by atoms with Crippen molar-refractivity contribution in [1.29, 1.82) is 0 Å². The number of urea groups is 1. The van der Waals surface area contributed by atoms with Crippen LogP contribution in [0, 0.1) is 5.41 Å². The molecule has 12 heteroatoms. The fourth-order valence-corrected chi connectivity index (χ4v) is 7.22. The average Bonchev–Trinajstić information content (AvgIpc) is 3.49. The van der Waals surface area contributed by atoms with Crippen molar-refractivity contribution in [3.8, 4) is 17.0 Å². The van der Waals surface area contributed by atoms with Gasteiger partial charge in [0.05, 0.1) is 30.2 Å². The van der Waals surface area contributed by atoms with Crippen molar-refractivity contribution in [2.24, 2.45) is 5.41 Å². The van der Waals surface area contributed by atoms with Gasteiger partial charge in [-0.3, -0.25) is 9.36 Å². The number of para-hydroxylation sites is 1. The number of rotatable bonds is 5. The second kappa shape index (κ2) is 11.9. The van der Waals surface area contributed by atoms with Crippen LogP contribution in [0.15, 0.2) is 71.8 Å². The summed E-state index contributed by atoms with van der Waals surface area (Å²) in [6, 6.07) is 16.5. The van der Waals surface area contributed by atoms with E-state index in [-0.39, 0.29) is 36.3 Å². The minimum atomic E-state index is -4.90. The second-order valence-electron chi connectivity index (χ2n) is 12.1. The molecule has 2 amide bonds. The lowest BCUT2D eigenvalue weighted by atomic mass is 9.66. The van der Waals surface area contributed by atoms with Crippen LogP contribution in [-0.2, 0) is 6.54 Å². The van der Waals surface area contributed by atoms with E-state index in [4.69, 9.17) is 0 Å². The maximum absolute atomic E-state index is 14.0. The average molecular weight is 612 g/mol. The molecular formula is C32H36F3N5O4. The maximum Gasteiger partial charge on any atom is 0.573 e. The first-order valence-corrected chi connectivity index (χ1v) is 15.0. The van der Waals surface area contributed by atoms with Crippen molar-refractivity contribution in [2.75, 3.05) is 32.7 Å². The Morgan fingerprint density at radius 3 is 2.50 bits per heavy atom. The minimum Gasteiger partial charge on any atom is -0.405 e. The molecule has 44 heavy (non-hydrogen) atoms. The van der Waals surface area contributed by atoms with Crippen LogP contribution < -0.4 is 15.6 Å². The largest absolute Gasteiger partial charge is 0.573 e. The Bertz CT molecular complexity index is 1540. The van der Waals surface area contributed by atoms with Gasteiger partial charge in [0.15, 0.2) is 0 Å². The molecule has 234 valence electrons. The maximum atomic E-state index is 14.0. The van der Waals surface area contributed by atoms with Gasteiger partial charge in [0.1, 0.15) is 5.75 Å². The number of nitrogens with zero attached hydrogens (tertiary/aromatic N) is 4. The molecule has 2 atom stereocenters. The zero-order valence-electron chi connectivity index (χ0n) is 24.3. The number of piperidine rings is 1. The van der Waals surface area contributed by atoms with E-state index in [1.807, 2.05) is 40.1 Å². The Morgan fingerprint density at radius 2 is 1.77 bits per heavy atom. The highest BCUT2D eigenvalue weighted by atomic mass is 19.4. The molecule has 1 saturated carbocycles. The lowest BCUT2D eigenvalue weighted by Crippen LogP contribution is -2.64. The van der Waals surface area contributed by atoms with Gasteiger partial charge in [-0.15, -0.1) is 13.2 Å². The molecule has 1 spiro atoms. The quantitative estimate of drug-likeness (QED) is 0.439. The first-order valence-electron chi connectivity index (χ1n) is 15.0. The molecule has 6 rings (SSSR count). The molecule has 0 radical (unpaired) electrons. The fourth-order valence-electron chi connectivity index (χ4n) is 7.22. The predicted molar refractivity (Wildman–Crippen MR) is 157 cm³/mol. The van der Waals surface area contributed by atoms with Gasteiger partial charge in [-0.25, -0.2) is 9.78 Å². The third kappa shape index (κ3) is 5.92. The summed E-state index contributed by atoms with van der Waals surface area (Å²) in [7, 11) is 0. The Balaban J connectivity index is 1.22. The molecule has 3 aliphatic rings. The van der Waals surface area contributed by atoms with Crippen LogP contribution in [0.25, 0.3) is 11.3 Å². The van der Waals surface area contributed by atoms with Gasteiger partial charge in [-0.1, -0.05) is 55.3 Å². The summed E-state index contributed by atoms with van der Waals surface area (Å²) in [5, 5.41) is 15.6. The van der Waals surface area contributed by atoms with Crippen LogP contribution >= 0.6 is 0 Å². The summed E-state index contributed by atoms with van der Waals surface area (Å²) in [5.41, 5.74) is -1.22. The van der Waals surface area contributed by atoms with Crippen molar-refractivity contribution in [2.45, 2.75) is 56.7 Å². The summed E-state index contributed by atoms with van der Waals surface area (Å²) in [6.07, 6.45) is -0.0751. The topological polar surface area (TPSA) is 99.9 Å². The number of carbonyl (C=O) groups is 1. The van der Waals surface area contributed by atoms with E-state index in [0.29, 0.717) is 32.7 Å². The van der Waals surface area contributed by atoms with Crippen LogP contribution in [0.5, 0.6) is 5.75 Å². The summed E-state index contributed by atoms with van der Waals surface area (Å²) in [4.78, 5) is 35.3.